The molecular formula is C14H16BrClO5. The minimum atomic E-state index is -1.07. The number of aliphatic carboxylic acids is 1. The van der Waals surface area contributed by atoms with Crippen LogP contribution in [-0.4, -0.2) is 34.9 Å². The Morgan fingerprint density at radius 2 is 1.76 bits per heavy atom. The average molecular weight is 380 g/mol. The fourth-order valence-corrected chi connectivity index (χ4v) is 2.45. The molecule has 0 heterocycles. The van der Waals surface area contributed by atoms with Crippen LogP contribution >= 0.6 is 27.5 Å². The predicted octanol–water partition coefficient (Wildman–Crippen LogP) is 3.56. The fourth-order valence-electron chi connectivity index (χ4n) is 1.68. The number of carbonyl (C=O) groups excluding carboxylic acids is 1. The van der Waals surface area contributed by atoms with Crippen LogP contribution in [0.2, 0.25) is 5.02 Å². The van der Waals surface area contributed by atoms with E-state index >= 15 is 0 Å². The van der Waals surface area contributed by atoms with E-state index in [9.17, 15) is 9.59 Å². The van der Waals surface area contributed by atoms with E-state index in [1.807, 2.05) is 13.8 Å². The summed E-state index contributed by atoms with van der Waals surface area (Å²) in [6.07, 6.45) is -0.327. The van der Waals surface area contributed by atoms with E-state index in [4.69, 9.17) is 26.2 Å². The molecule has 0 amide bonds. The molecule has 1 aromatic rings. The van der Waals surface area contributed by atoms with Gasteiger partial charge in [0.05, 0.1) is 29.5 Å². The molecule has 1 aromatic carbocycles. The summed E-state index contributed by atoms with van der Waals surface area (Å²) in [5, 5.41) is 8.94. The lowest BCUT2D eigenvalue weighted by Gasteiger charge is -2.14. The van der Waals surface area contributed by atoms with Crippen LogP contribution in [-0.2, 0) is 4.79 Å². The number of Topliss-reactive ketones (excluding diaryl/α,β-unsaturated/α-hetero) is 1. The maximum Gasteiger partial charge on any atom is 0.304 e. The van der Waals surface area contributed by atoms with Crippen molar-refractivity contribution in [3.05, 3.63) is 22.7 Å². The Hall–Kier alpha value is -1.27. The summed E-state index contributed by atoms with van der Waals surface area (Å²) in [5.74, 6) is -0.629. The van der Waals surface area contributed by atoms with Crippen molar-refractivity contribution in [2.45, 2.75) is 25.1 Å². The topological polar surface area (TPSA) is 72.8 Å². The number of carbonyl (C=O) groups is 2. The quantitative estimate of drug-likeness (QED) is 0.552. The second-order valence-corrected chi connectivity index (χ2v) is 5.59. The molecule has 1 unspecified atom stereocenters. The van der Waals surface area contributed by atoms with Crippen LogP contribution in [0.3, 0.4) is 0 Å². The van der Waals surface area contributed by atoms with Gasteiger partial charge in [0.1, 0.15) is 0 Å². The van der Waals surface area contributed by atoms with Crippen molar-refractivity contribution in [2.75, 3.05) is 13.2 Å². The third-order valence-corrected chi connectivity index (χ3v) is 3.59. The normalized spacial score (nSPS) is 11.8. The Balaban J connectivity index is 3.14. The number of alkyl halides is 1. The van der Waals surface area contributed by atoms with Crippen LogP contribution in [0.5, 0.6) is 11.5 Å². The molecule has 0 spiro atoms. The molecule has 0 aliphatic heterocycles. The van der Waals surface area contributed by atoms with Gasteiger partial charge in [-0.3, -0.25) is 9.59 Å². The van der Waals surface area contributed by atoms with Crippen LogP contribution in [0.4, 0.5) is 0 Å². The first-order valence-electron chi connectivity index (χ1n) is 6.39. The van der Waals surface area contributed by atoms with E-state index < -0.39 is 16.6 Å². The lowest BCUT2D eigenvalue weighted by atomic mass is 10.1. The molecule has 1 N–H and O–H groups in total. The highest BCUT2D eigenvalue weighted by atomic mass is 79.9. The smallest absolute Gasteiger partial charge is 0.304 e. The minimum Gasteiger partial charge on any atom is -0.490 e. The largest absolute Gasteiger partial charge is 0.490 e. The van der Waals surface area contributed by atoms with Gasteiger partial charge in [0.15, 0.2) is 17.3 Å². The highest BCUT2D eigenvalue weighted by Gasteiger charge is 2.24. The third kappa shape index (κ3) is 4.89. The number of hydrogen-bond acceptors (Lipinski definition) is 4. The summed E-state index contributed by atoms with van der Waals surface area (Å²) < 4.78 is 10.8. The van der Waals surface area contributed by atoms with Gasteiger partial charge in [-0.2, -0.15) is 0 Å². The summed E-state index contributed by atoms with van der Waals surface area (Å²) >= 11 is 9.15. The molecule has 0 saturated heterocycles. The maximum absolute atomic E-state index is 12.2. The van der Waals surface area contributed by atoms with Gasteiger partial charge in [0.25, 0.3) is 0 Å². The van der Waals surface area contributed by atoms with E-state index in [1.54, 1.807) is 0 Å². The zero-order valence-corrected chi connectivity index (χ0v) is 14.0. The maximum atomic E-state index is 12.2. The number of carboxylic acid groups (broad SMARTS) is 1. The van der Waals surface area contributed by atoms with E-state index in [1.165, 1.54) is 12.1 Å². The number of rotatable bonds is 8. The van der Waals surface area contributed by atoms with Crippen LogP contribution in [0.25, 0.3) is 0 Å². The first kappa shape index (κ1) is 17.8. The van der Waals surface area contributed by atoms with Gasteiger partial charge in [0, 0.05) is 11.6 Å². The van der Waals surface area contributed by atoms with Crippen LogP contribution < -0.4 is 9.47 Å². The van der Waals surface area contributed by atoms with Crippen molar-refractivity contribution in [3.8, 4) is 11.5 Å². The van der Waals surface area contributed by atoms with E-state index in [-0.39, 0.29) is 17.0 Å². The van der Waals surface area contributed by atoms with Gasteiger partial charge in [0.2, 0.25) is 0 Å². The highest BCUT2D eigenvalue weighted by Crippen LogP contribution is 2.35. The standard InChI is InChI=1S/C14H16BrClO5/c1-3-20-11-5-8(10(16)7-12(11)21-4-2)14(19)9(15)6-13(17)18/h5,7,9H,3-4,6H2,1-2H3,(H,17,18). The first-order chi connectivity index (χ1) is 9.90. The number of ether oxygens (including phenoxy) is 2. The highest BCUT2D eigenvalue weighted by molar-refractivity contribution is 9.10. The molecule has 0 aliphatic carbocycles. The van der Waals surface area contributed by atoms with Gasteiger partial charge >= 0.3 is 5.97 Å². The monoisotopic (exact) mass is 378 g/mol. The molecular weight excluding hydrogens is 364 g/mol. The number of hydrogen-bond donors (Lipinski definition) is 1. The Morgan fingerprint density at radius 3 is 2.24 bits per heavy atom. The molecule has 0 aromatic heterocycles. The van der Waals surface area contributed by atoms with E-state index in [0.717, 1.165) is 0 Å². The Bertz CT molecular complexity index is 532. The van der Waals surface area contributed by atoms with Crippen molar-refractivity contribution >= 4 is 39.3 Å². The first-order valence-corrected chi connectivity index (χ1v) is 7.69. The van der Waals surface area contributed by atoms with Gasteiger partial charge in [-0.15, -0.1) is 0 Å². The fraction of sp³-hybridized carbons (Fsp3) is 0.429. The predicted molar refractivity (Wildman–Crippen MR) is 83.1 cm³/mol. The molecule has 0 saturated carbocycles. The molecule has 0 aliphatic rings. The summed E-state index contributed by atoms with van der Waals surface area (Å²) in [6, 6.07) is 2.99. The molecule has 1 atom stereocenters. The van der Waals surface area contributed by atoms with Gasteiger partial charge in [-0.1, -0.05) is 27.5 Å². The van der Waals surface area contributed by atoms with Gasteiger partial charge in [-0.05, 0) is 19.9 Å². The number of carboxylic acids is 1. The lowest BCUT2D eigenvalue weighted by molar-refractivity contribution is -0.136. The summed E-state index contributed by atoms with van der Waals surface area (Å²) in [6.45, 7) is 4.47. The van der Waals surface area contributed by atoms with Crippen molar-refractivity contribution < 1.29 is 24.2 Å². The van der Waals surface area contributed by atoms with Crippen molar-refractivity contribution in [1.29, 1.82) is 0 Å². The molecule has 116 valence electrons. The Labute approximate surface area is 136 Å². The Kier molecular flexibility index (Phi) is 6.98. The van der Waals surface area contributed by atoms with E-state index in [0.29, 0.717) is 24.7 Å². The van der Waals surface area contributed by atoms with Crippen molar-refractivity contribution in [3.63, 3.8) is 0 Å². The van der Waals surface area contributed by atoms with Crippen LogP contribution in [0, 0.1) is 0 Å². The third-order valence-electron chi connectivity index (χ3n) is 2.54. The molecule has 0 radical (unpaired) electrons. The van der Waals surface area contributed by atoms with Crippen molar-refractivity contribution in [2.24, 2.45) is 0 Å². The SMILES string of the molecule is CCOc1cc(Cl)c(C(=O)C(Br)CC(=O)O)cc1OCC. The summed E-state index contributed by atoms with van der Waals surface area (Å²) in [4.78, 5) is 22.1. The molecule has 1 rings (SSSR count). The van der Waals surface area contributed by atoms with E-state index in [2.05, 4.69) is 15.9 Å². The van der Waals surface area contributed by atoms with Gasteiger partial charge in [-0.25, -0.2) is 0 Å². The lowest BCUT2D eigenvalue weighted by Crippen LogP contribution is -2.18. The minimum absolute atomic E-state index is 0.196. The zero-order chi connectivity index (χ0) is 16.0. The number of ketones is 1. The molecule has 21 heavy (non-hydrogen) atoms. The van der Waals surface area contributed by atoms with Crippen molar-refractivity contribution in [1.82, 2.24) is 0 Å². The summed E-state index contributed by atoms with van der Waals surface area (Å²) in [7, 11) is 0. The molecule has 0 bridgehead atoms. The van der Waals surface area contributed by atoms with Crippen LogP contribution in [0.15, 0.2) is 12.1 Å². The second-order valence-electron chi connectivity index (χ2n) is 4.07. The summed E-state index contributed by atoms with van der Waals surface area (Å²) in [5.41, 5.74) is 0.201. The number of benzene rings is 1. The van der Waals surface area contributed by atoms with Gasteiger partial charge < -0.3 is 14.6 Å². The zero-order valence-electron chi connectivity index (χ0n) is 11.7. The van der Waals surface area contributed by atoms with Crippen LogP contribution in [0.1, 0.15) is 30.6 Å². The second kappa shape index (κ2) is 8.24. The molecule has 5 nitrogen and oxygen atoms in total. The average Bonchev–Trinajstić information content (AvgIpc) is 2.40. The molecule has 7 heteroatoms. The Morgan fingerprint density at radius 1 is 1.24 bits per heavy atom. The molecule has 0 fully saturated rings. The number of halogens is 2.